The van der Waals surface area contributed by atoms with Gasteiger partial charge in [-0.25, -0.2) is 4.42 Å². The molecule has 0 saturated heterocycles. The van der Waals surface area contributed by atoms with Crippen LogP contribution in [0.3, 0.4) is 0 Å². The van der Waals surface area contributed by atoms with Crippen LogP contribution in [0.5, 0.6) is 0 Å². The van der Waals surface area contributed by atoms with E-state index in [-0.39, 0.29) is 0 Å². The van der Waals surface area contributed by atoms with E-state index in [2.05, 4.69) is 60.7 Å². The molecule has 1 aromatic heterocycles. The van der Waals surface area contributed by atoms with Crippen molar-refractivity contribution in [1.29, 1.82) is 0 Å². The van der Waals surface area contributed by atoms with Crippen LogP contribution in [0.1, 0.15) is 0 Å². The monoisotopic (exact) mass is 544 g/mol. The largest absolute Gasteiger partial charge is 0.361 e. The molecule has 4 aromatic rings. The van der Waals surface area contributed by atoms with Crippen molar-refractivity contribution < 1.29 is 21.3 Å². The van der Waals surface area contributed by atoms with Gasteiger partial charge in [-0.1, -0.05) is 66.7 Å². The van der Waals surface area contributed by atoms with E-state index in [1.165, 1.54) is 5.56 Å². The second-order valence-corrected chi connectivity index (χ2v) is 12.1. The first-order chi connectivity index (χ1) is 14.3. The molecule has 0 amide bonds. The van der Waals surface area contributed by atoms with E-state index in [0.29, 0.717) is 0 Å². The Morgan fingerprint density at radius 1 is 0.419 bits per heavy atom. The van der Waals surface area contributed by atoms with Crippen molar-refractivity contribution in [2.45, 2.75) is 0 Å². The summed E-state index contributed by atoms with van der Waals surface area (Å²) in [6.07, 6.45) is 0. The SMILES string of the molecule is [F][Sb-]([F])([F])([F])([F])[F].c1ccc(-c2cc(-c3ccccc3)[o+]c(-c3ccccc3)c2)cc1. The Kier molecular flexibility index (Phi) is 5.94. The summed E-state index contributed by atoms with van der Waals surface area (Å²) in [6, 6.07) is 35.1. The first-order valence-electron chi connectivity index (χ1n) is 9.06. The molecule has 0 aliphatic carbocycles. The molecule has 3 aromatic carbocycles. The molecule has 1 nitrogen and oxygen atoms in total. The average molecular weight is 545 g/mol. The van der Waals surface area contributed by atoms with E-state index < -0.39 is 19.5 Å². The molecule has 0 unspecified atom stereocenters. The Bertz CT molecular complexity index is 996. The van der Waals surface area contributed by atoms with Crippen molar-refractivity contribution in [1.82, 2.24) is 0 Å². The Hall–Kier alpha value is -2.79. The van der Waals surface area contributed by atoms with Gasteiger partial charge < -0.3 is 0 Å². The minimum atomic E-state index is -11.2. The third-order valence-corrected chi connectivity index (χ3v) is 4.02. The molecule has 0 atom stereocenters. The fourth-order valence-corrected chi connectivity index (χ4v) is 2.79. The van der Waals surface area contributed by atoms with E-state index in [9.17, 15) is 16.9 Å². The molecule has 8 heteroatoms. The Morgan fingerprint density at radius 3 is 1.03 bits per heavy atom. The van der Waals surface area contributed by atoms with E-state index in [0.717, 1.165) is 28.2 Å². The maximum absolute atomic E-state index is 11.2. The summed E-state index contributed by atoms with van der Waals surface area (Å²) >= 11 is -11.2. The molecular weight excluding hydrogens is 528 g/mol. The van der Waals surface area contributed by atoms with Crippen LogP contribution in [0.4, 0.5) is 16.9 Å². The predicted octanol–water partition coefficient (Wildman–Crippen LogP) is 8.70. The smallest absolute Gasteiger partial charge is 0.207 e. The predicted molar refractivity (Wildman–Crippen MR) is 112 cm³/mol. The van der Waals surface area contributed by atoms with Gasteiger partial charge >= 0.3 is 47.9 Å². The summed E-state index contributed by atoms with van der Waals surface area (Å²) in [5, 5.41) is 0. The number of hydrogen-bond acceptors (Lipinski definition) is 0. The average Bonchev–Trinajstić information content (AvgIpc) is 2.73. The van der Waals surface area contributed by atoms with Gasteiger partial charge in [-0.15, -0.1) is 0 Å². The number of rotatable bonds is 3. The van der Waals surface area contributed by atoms with Crippen LogP contribution in [0.2, 0.25) is 0 Å². The van der Waals surface area contributed by atoms with Gasteiger partial charge in [-0.2, -0.15) is 0 Å². The fourth-order valence-electron chi connectivity index (χ4n) is 2.79. The standard InChI is InChI=1S/C23H17O.6FH.Sb/c1-4-10-18(11-5-1)21-16-22(19-12-6-2-7-13-19)24-23(17-21)20-14-8-3-9-15-20;;;;;;;/h1-17H;6*1H;/q+1;;;;;;;+5/p-6. The molecule has 162 valence electrons. The van der Waals surface area contributed by atoms with Crippen LogP contribution >= 0.6 is 0 Å². The van der Waals surface area contributed by atoms with Crippen molar-refractivity contribution in [3.63, 3.8) is 0 Å². The van der Waals surface area contributed by atoms with Gasteiger partial charge in [-0.05, 0) is 29.8 Å². The van der Waals surface area contributed by atoms with Crippen molar-refractivity contribution in [3.05, 3.63) is 103 Å². The molecule has 0 fully saturated rings. The first-order valence-corrected chi connectivity index (χ1v) is 14.8. The van der Waals surface area contributed by atoms with Crippen LogP contribution in [0.15, 0.2) is 108 Å². The third kappa shape index (κ3) is 8.46. The molecule has 0 saturated carbocycles. The molecule has 0 radical (unpaired) electrons. The Morgan fingerprint density at radius 2 is 0.710 bits per heavy atom. The molecule has 0 bridgehead atoms. The zero-order valence-electron chi connectivity index (χ0n) is 15.9. The second-order valence-electron chi connectivity index (χ2n) is 6.63. The van der Waals surface area contributed by atoms with Crippen molar-refractivity contribution in [2.24, 2.45) is 0 Å². The Labute approximate surface area is 177 Å². The summed E-state index contributed by atoms with van der Waals surface area (Å²) in [4.78, 5) is 0. The molecule has 1 heterocycles. The minimum absolute atomic E-state index is 0.871. The van der Waals surface area contributed by atoms with Crippen LogP contribution in [-0.2, 0) is 0 Å². The summed E-state index contributed by atoms with van der Waals surface area (Å²) in [6.45, 7) is 0. The van der Waals surface area contributed by atoms with E-state index in [1.807, 2.05) is 42.5 Å². The van der Waals surface area contributed by atoms with Gasteiger partial charge in [0.2, 0.25) is 0 Å². The number of hydrogen-bond donors (Lipinski definition) is 0. The normalized spacial score (nSPS) is 13.4. The molecule has 0 aliphatic rings. The van der Waals surface area contributed by atoms with Crippen molar-refractivity contribution >= 4 is 19.5 Å². The van der Waals surface area contributed by atoms with Crippen molar-refractivity contribution in [3.8, 4) is 33.8 Å². The fraction of sp³-hybridized carbons (Fsp3) is 0. The van der Waals surface area contributed by atoms with Gasteiger partial charge in [0, 0.05) is 5.56 Å². The summed E-state index contributed by atoms with van der Waals surface area (Å²) in [5.41, 5.74) is 4.49. The molecular formula is C23H17F6OSb. The maximum atomic E-state index is 9.93. The van der Waals surface area contributed by atoms with Crippen LogP contribution in [-0.4, -0.2) is 19.5 Å². The van der Waals surface area contributed by atoms with Crippen LogP contribution < -0.4 is 0 Å². The number of benzene rings is 3. The molecule has 0 aliphatic heterocycles. The second kappa shape index (κ2) is 8.04. The zero-order chi connectivity index (χ0) is 22.6. The van der Waals surface area contributed by atoms with E-state index in [4.69, 9.17) is 4.42 Å². The molecule has 4 rings (SSSR count). The van der Waals surface area contributed by atoms with Gasteiger partial charge in [0.25, 0.3) is 0 Å². The van der Waals surface area contributed by atoms with E-state index in [1.54, 1.807) is 0 Å². The van der Waals surface area contributed by atoms with Gasteiger partial charge in [0.15, 0.2) is 0 Å². The van der Waals surface area contributed by atoms with Gasteiger partial charge in [0.1, 0.15) is 0 Å². The molecule has 31 heavy (non-hydrogen) atoms. The molecule has 0 spiro atoms. The topological polar surface area (TPSA) is 11.3 Å². The van der Waals surface area contributed by atoms with Crippen molar-refractivity contribution in [2.75, 3.05) is 0 Å². The summed E-state index contributed by atoms with van der Waals surface area (Å²) in [7, 11) is 0. The van der Waals surface area contributed by atoms with Gasteiger partial charge in [-0.3, -0.25) is 0 Å². The first kappa shape index (κ1) is 22.9. The van der Waals surface area contributed by atoms with Gasteiger partial charge in [0.05, 0.1) is 23.3 Å². The Balaban J connectivity index is 0.000000339. The summed E-state index contributed by atoms with van der Waals surface area (Å²) in [5.74, 6) is 1.74. The summed E-state index contributed by atoms with van der Waals surface area (Å²) < 4.78 is 65.8. The quantitative estimate of drug-likeness (QED) is 0.143. The number of halogens is 6. The molecule has 0 N–H and O–H groups in total. The van der Waals surface area contributed by atoms with Crippen LogP contribution in [0.25, 0.3) is 33.8 Å². The van der Waals surface area contributed by atoms with E-state index >= 15 is 0 Å². The maximum Gasteiger partial charge on any atom is 0.361 e. The van der Waals surface area contributed by atoms with Crippen LogP contribution in [0, 0.1) is 0 Å². The minimum Gasteiger partial charge on any atom is -0.207 e. The third-order valence-electron chi connectivity index (χ3n) is 4.02. The zero-order valence-corrected chi connectivity index (χ0v) is 18.5.